The standard InChI is InChI=1S/C25H25NO6/c1-14-9-15(2)22(16(3)10-14)25(29)31-18-7-6-17-11-20(24(28)32-21(17)12-18)23(27)26-13-19-5-4-8-30-19/h6-7,9-12,19H,4-5,8,13H2,1-3H3,(H,26,27). The summed E-state index contributed by atoms with van der Waals surface area (Å²) in [5.41, 5.74) is 2.64. The van der Waals surface area contributed by atoms with Gasteiger partial charge in [-0.25, -0.2) is 9.59 Å². The van der Waals surface area contributed by atoms with Crippen LogP contribution in [0.25, 0.3) is 11.0 Å². The number of fused-ring (bicyclic) bond motifs is 1. The molecule has 1 amide bonds. The van der Waals surface area contributed by atoms with Gasteiger partial charge in [-0.05, 0) is 62.9 Å². The fourth-order valence-corrected chi connectivity index (χ4v) is 4.08. The highest BCUT2D eigenvalue weighted by atomic mass is 16.5. The van der Waals surface area contributed by atoms with Crippen LogP contribution in [0.4, 0.5) is 0 Å². The topological polar surface area (TPSA) is 94.8 Å². The van der Waals surface area contributed by atoms with Crippen molar-refractivity contribution in [1.29, 1.82) is 0 Å². The summed E-state index contributed by atoms with van der Waals surface area (Å²) in [6.45, 7) is 6.73. The van der Waals surface area contributed by atoms with E-state index in [0.717, 1.165) is 29.5 Å². The van der Waals surface area contributed by atoms with E-state index < -0.39 is 17.5 Å². The van der Waals surface area contributed by atoms with Gasteiger partial charge in [0.1, 0.15) is 16.9 Å². The summed E-state index contributed by atoms with van der Waals surface area (Å²) in [5.74, 6) is -0.732. The van der Waals surface area contributed by atoms with Gasteiger partial charge >= 0.3 is 11.6 Å². The molecule has 1 fully saturated rings. The molecular weight excluding hydrogens is 410 g/mol. The van der Waals surface area contributed by atoms with Crippen LogP contribution in [-0.2, 0) is 4.74 Å². The monoisotopic (exact) mass is 435 g/mol. The molecule has 0 aliphatic carbocycles. The minimum Gasteiger partial charge on any atom is -0.423 e. The third-order valence-corrected chi connectivity index (χ3v) is 5.56. The summed E-state index contributed by atoms with van der Waals surface area (Å²) >= 11 is 0. The zero-order valence-electron chi connectivity index (χ0n) is 18.3. The van der Waals surface area contributed by atoms with Crippen LogP contribution in [0.3, 0.4) is 0 Å². The Morgan fingerprint density at radius 1 is 1.09 bits per heavy atom. The molecular formula is C25H25NO6. The van der Waals surface area contributed by atoms with Gasteiger partial charge in [-0.1, -0.05) is 17.7 Å². The Labute approximate surface area is 185 Å². The maximum Gasteiger partial charge on any atom is 0.349 e. The minimum atomic E-state index is -0.754. The van der Waals surface area contributed by atoms with Crippen molar-refractivity contribution in [2.24, 2.45) is 0 Å². The number of benzene rings is 2. The second-order valence-corrected chi connectivity index (χ2v) is 8.16. The second kappa shape index (κ2) is 8.96. The average Bonchev–Trinajstić information content (AvgIpc) is 3.24. The van der Waals surface area contributed by atoms with Crippen molar-refractivity contribution >= 4 is 22.8 Å². The van der Waals surface area contributed by atoms with E-state index in [2.05, 4.69) is 5.32 Å². The van der Waals surface area contributed by atoms with Gasteiger partial charge in [-0.2, -0.15) is 0 Å². The van der Waals surface area contributed by atoms with Gasteiger partial charge in [0.2, 0.25) is 0 Å². The normalized spacial score (nSPS) is 15.7. The highest BCUT2D eigenvalue weighted by Gasteiger charge is 2.20. The quantitative estimate of drug-likeness (QED) is 0.372. The molecule has 1 aliphatic rings. The van der Waals surface area contributed by atoms with E-state index in [4.69, 9.17) is 13.9 Å². The van der Waals surface area contributed by atoms with E-state index >= 15 is 0 Å². The minimum absolute atomic E-state index is 0.0236. The smallest absolute Gasteiger partial charge is 0.349 e. The van der Waals surface area contributed by atoms with Crippen LogP contribution in [-0.4, -0.2) is 31.1 Å². The van der Waals surface area contributed by atoms with E-state index in [9.17, 15) is 14.4 Å². The number of aryl methyl sites for hydroxylation is 3. The average molecular weight is 435 g/mol. The molecule has 7 nitrogen and oxygen atoms in total. The SMILES string of the molecule is Cc1cc(C)c(C(=O)Oc2ccc3cc(C(=O)NCC4CCCO4)c(=O)oc3c2)c(C)c1. The Morgan fingerprint density at radius 2 is 1.84 bits per heavy atom. The Kier molecular flexibility index (Phi) is 6.10. The summed E-state index contributed by atoms with van der Waals surface area (Å²) in [5, 5.41) is 3.27. The molecule has 4 rings (SSSR count). The van der Waals surface area contributed by atoms with Gasteiger partial charge in [0.05, 0.1) is 11.7 Å². The summed E-state index contributed by atoms with van der Waals surface area (Å²) in [4.78, 5) is 37.5. The van der Waals surface area contributed by atoms with Crippen molar-refractivity contribution < 1.29 is 23.5 Å². The molecule has 0 radical (unpaired) electrons. The molecule has 7 heteroatoms. The third kappa shape index (κ3) is 4.57. The van der Waals surface area contributed by atoms with Gasteiger partial charge in [0.15, 0.2) is 0 Å². The molecule has 1 N–H and O–H groups in total. The lowest BCUT2D eigenvalue weighted by Gasteiger charge is -2.12. The number of rotatable bonds is 5. The third-order valence-electron chi connectivity index (χ3n) is 5.56. The van der Waals surface area contributed by atoms with Gasteiger partial charge in [0, 0.05) is 24.6 Å². The molecule has 2 aromatic carbocycles. The van der Waals surface area contributed by atoms with E-state index in [0.29, 0.717) is 24.1 Å². The summed E-state index contributed by atoms with van der Waals surface area (Å²) in [6.07, 6.45) is 1.83. The molecule has 1 aromatic heterocycles. The number of esters is 1. The zero-order chi connectivity index (χ0) is 22.8. The first-order chi connectivity index (χ1) is 15.3. The van der Waals surface area contributed by atoms with Gasteiger partial charge < -0.3 is 19.2 Å². The molecule has 166 valence electrons. The lowest BCUT2D eigenvalue weighted by molar-refractivity contribution is 0.0733. The van der Waals surface area contributed by atoms with Crippen LogP contribution in [0.1, 0.15) is 50.2 Å². The number of hydrogen-bond donors (Lipinski definition) is 1. The van der Waals surface area contributed by atoms with E-state index in [1.165, 1.54) is 12.1 Å². The van der Waals surface area contributed by atoms with Crippen molar-refractivity contribution in [2.45, 2.75) is 39.7 Å². The van der Waals surface area contributed by atoms with Crippen molar-refractivity contribution in [3.05, 3.63) is 74.6 Å². The molecule has 1 unspecified atom stereocenters. The van der Waals surface area contributed by atoms with Crippen LogP contribution in [0.5, 0.6) is 5.75 Å². The molecule has 3 aromatic rings. The van der Waals surface area contributed by atoms with Crippen LogP contribution >= 0.6 is 0 Å². The zero-order valence-corrected chi connectivity index (χ0v) is 18.3. The van der Waals surface area contributed by atoms with Crippen LogP contribution in [0, 0.1) is 20.8 Å². The second-order valence-electron chi connectivity index (χ2n) is 8.16. The molecule has 2 heterocycles. The maximum atomic E-state index is 12.7. The molecule has 1 atom stereocenters. The number of carbonyl (C=O) groups is 2. The summed E-state index contributed by atoms with van der Waals surface area (Å²) in [6, 6.07) is 10.1. The first kappa shape index (κ1) is 21.8. The van der Waals surface area contributed by atoms with Crippen LogP contribution in [0.2, 0.25) is 0 Å². The first-order valence-corrected chi connectivity index (χ1v) is 10.6. The van der Waals surface area contributed by atoms with Gasteiger partial charge in [-0.3, -0.25) is 4.79 Å². The molecule has 1 aliphatic heterocycles. The van der Waals surface area contributed by atoms with Gasteiger partial charge in [0.25, 0.3) is 5.91 Å². The largest absolute Gasteiger partial charge is 0.423 e. The fraction of sp³-hybridized carbons (Fsp3) is 0.320. The Balaban J connectivity index is 1.53. The lowest BCUT2D eigenvalue weighted by atomic mass is 10.00. The number of amides is 1. The van der Waals surface area contributed by atoms with Crippen LogP contribution < -0.4 is 15.7 Å². The molecule has 0 spiro atoms. The summed E-state index contributed by atoms with van der Waals surface area (Å²) < 4.78 is 16.3. The first-order valence-electron chi connectivity index (χ1n) is 10.6. The van der Waals surface area contributed by atoms with E-state index in [1.807, 2.05) is 32.9 Å². The molecule has 0 saturated carbocycles. The fourth-order valence-electron chi connectivity index (χ4n) is 4.08. The lowest BCUT2D eigenvalue weighted by Crippen LogP contribution is -2.34. The predicted molar refractivity (Wildman–Crippen MR) is 119 cm³/mol. The number of hydrogen-bond acceptors (Lipinski definition) is 6. The van der Waals surface area contributed by atoms with Crippen LogP contribution in [0.15, 0.2) is 45.6 Å². The highest BCUT2D eigenvalue weighted by Crippen LogP contribution is 2.23. The number of ether oxygens (including phenoxy) is 2. The van der Waals surface area contributed by atoms with Crippen molar-refractivity contribution in [1.82, 2.24) is 5.32 Å². The number of carbonyl (C=O) groups excluding carboxylic acids is 2. The van der Waals surface area contributed by atoms with E-state index in [1.54, 1.807) is 12.1 Å². The Hall–Kier alpha value is -3.45. The molecule has 0 bridgehead atoms. The highest BCUT2D eigenvalue weighted by molar-refractivity contribution is 5.97. The van der Waals surface area contributed by atoms with Gasteiger partial charge in [-0.15, -0.1) is 0 Å². The van der Waals surface area contributed by atoms with Crippen molar-refractivity contribution in [3.8, 4) is 5.75 Å². The maximum absolute atomic E-state index is 12.7. The molecule has 1 saturated heterocycles. The molecule has 32 heavy (non-hydrogen) atoms. The summed E-state index contributed by atoms with van der Waals surface area (Å²) in [7, 11) is 0. The van der Waals surface area contributed by atoms with Crippen molar-refractivity contribution in [2.75, 3.05) is 13.2 Å². The number of nitrogens with one attached hydrogen (secondary N) is 1. The van der Waals surface area contributed by atoms with E-state index in [-0.39, 0.29) is 23.0 Å². The predicted octanol–water partition coefficient (Wildman–Crippen LogP) is 3.85. The van der Waals surface area contributed by atoms with Crippen molar-refractivity contribution in [3.63, 3.8) is 0 Å². The Bertz CT molecular complexity index is 1230. The Morgan fingerprint density at radius 3 is 2.53 bits per heavy atom.